The van der Waals surface area contributed by atoms with Crippen LogP contribution in [0, 0.1) is 28.9 Å². The first-order valence-corrected chi connectivity index (χ1v) is 7.73. The smallest absolute Gasteiger partial charge is 0.279 e. The van der Waals surface area contributed by atoms with Gasteiger partial charge in [0, 0.05) is 29.7 Å². The van der Waals surface area contributed by atoms with E-state index in [2.05, 4.69) is 19.2 Å². The van der Waals surface area contributed by atoms with Gasteiger partial charge in [-0.05, 0) is 25.0 Å². The molecule has 0 radical (unpaired) electrons. The van der Waals surface area contributed by atoms with E-state index in [1.54, 1.807) is 13.0 Å². The topological polar surface area (TPSA) is 76.7 Å². The second-order valence-corrected chi connectivity index (χ2v) is 6.59. The van der Waals surface area contributed by atoms with E-state index in [-0.39, 0.29) is 11.6 Å². The van der Waals surface area contributed by atoms with Crippen molar-refractivity contribution in [2.24, 2.45) is 11.8 Å². The fraction of sp³-hybridized carbons (Fsp3) is 0.562. The lowest BCUT2D eigenvalue weighted by atomic mass is 9.92. The number of nitrogens with one attached hydrogen (secondary N) is 2. The summed E-state index contributed by atoms with van der Waals surface area (Å²) in [6, 6.07) is 4.50. The molecule has 1 saturated heterocycles. The lowest BCUT2D eigenvalue weighted by Gasteiger charge is -2.31. The highest BCUT2D eigenvalue weighted by Crippen LogP contribution is 2.21. The maximum Gasteiger partial charge on any atom is 0.279 e. The third-order valence-corrected chi connectivity index (χ3v) is 4.18. The Labute approximate surface area is 130 Å². The number of nitro groups is 1. The van der Waals surface area contributed by atoms with Crippen molar-refractivity contribution in [1.29, 1.82) is 0 Å². The zero-order valence-electron chi connectivity index (χ0n) is 13.4. The molecule has 0 aliphatic carbocycles. The molecular formula is C16H24N3O3+. The number of amides is 1. The van der Waals surface area contributed by atoms with Crippen molar-refractivity contribution in [3.63, 3.8) is 0 Å². The van der Waals surface area contributed by atoms with Crippen molar-refractivity contribution < 1.29 is 14.6 Å². The number of hydrogen-bond acceptors (Lipinski definition) is 3. The predicted molar refractivity (Wildman–Crippen MR) is 85.0 cm³/mol. The van der Waals surface area contributed by atoms with Gasteiger partial charge >= 0.3 is 0 Å². The number of non-ortho nitro benzene ring substituents is 1. The first kappa shape index (κ1) is 16.4. The SMILES string of the molecule is Cc1cc([N+](=O)[O-])ccc1NC(=O)C[NH+]1C[C@H](C)C[C@@H](C)C1. The Morgan fingerprint density at radius 3 is 2.55 bits per heavy atom. The van der Waals surface area contributed by atoms with Crippen molar-refractivity contribution in [3.8, 4) is 0 Å². The van der Waals surface area contributed by atoms with Crippen LogP contribution in [-0.4, -0.2) is 30.5 Å². The number of carbonyl (C=O) groups is 1. The Morgan fingerprint density at radius 1 is 1.36 bits per heavy atom. The molecule has 1 aromatic carbocycles. The van der Waals surface area contributed by atoms with Crippen LogP contribution in [0.5, 0.6) is 0 Å². The zero-order valence-corrected chi connectivity index (χ0v) is 13.4. The van der Waals surface area contributed by atoms with Gasteiger partial charge in [-0.2, -0.15) is 0 Å². The zero-order chi connectivity index (χ0) is 16.3. The van der Waals surface area contributed by atoms with Crippen molar-refractivity contribution in [3.05, 3.63) is 33.9 Å². The van der Waals surface area contributed by atoms with E-state index in [4.69, 9.17) is 0 Å². The Balaban J connectivity index is 1.96. The van der Waals surface area contributed by atoms with Gasteiger partial charge in [0.1, 0.15) is 0 Å². The van der Waals surface area contributed by atoms with Crippen molar-refractivity contribution >= 4 is 17.3 Å². The molecule has 2 N–H and O–H groups in total. The Bertz CT molecular complexity index is 564. The summed E-state index contributed by atoms with van der Waals surface area (Å²) in [5.74, 6) is 1.26. The molecule has 6 heteroatoms. The number of aryl methyl sites for hydroxylation is 1. The molecule has 0 unspecified atom stereocenters. The van der Waals surface area contributed by atoms with E-state index >= 15 is 0 Å². The lowest BCUT2D eigenvalue weighted by molar-refractivity contribution is -0.904. The molecule has 1 heterocycles. The van der Waals surface area contributed by atoms with Gasteiger partial charge < -0.3 is 10.2 Å². The average molecular weight is 306 g/mol. The van der Waals surface area contributed by atoms with Gasteiger partial charge in [-0.3, -0.25) is 14.9 Å². The first-order valence-electron chi connectivity index (χ1n) is 7.73. The highest BCUT2D eigenvalue weighted by molar-refractivity contribution is 5.92. The molecule has 6 nitrogen and oxygen atoms in total. The molecule has 0 spiro atoms. The second-order valence-electron chi connectivity index (χ2n) is 6.59. The predicted octanol–water partition coefficient (Wildman–Crippen LogP) is 1.40. The van der Waals surface area contributed by atoms with Crippen LogP contribution >= 0.6 is 0 Å². The standard InChI is InChI=1S/C16H23N3O3/c1-11-6-12(2)9-18(8-11)10-16(20)17-15-5-4-14(19(21)22)7-13(15)3/h4-5,7,11-12H,6,8-10H2,1-3H3,(H,17,20)/p+1/t11-,12-/m1/s1. The van der Waals surface area contributed by atoms with Gasteiger partial charge in [0.25, 0.3) is 11.6 Å². The third kappa shape index (κ3) is 4.27. The summed E-state index contributed by atoms with van der Waals surface area (Å²) >= 11 is 0. The van der Waals surface area contributed by atoms with Crippen LogP contribution in [0.15, 0.2) is 18.2 Å². The molecule has 1 fully saturated rings. The third-order valence-electron chi connectivity index (χ3n) is 4.18. The summed E-state index contributed by atoms with van der Waals surface area (Å²) in [5, 5.41) is 13.6. The van der Waals surface area contributed by atoms with Crippen molar-refractivity contribution in [2.45, 2.75) is 27.2 Å². The van der Waals surface area contributed by atoms with Gasteiger partial charge in [0.2, 0.25) is 0 Å². The minimum atomic E-state index is -0.431. The van der Waals surface area contributed by atoms with E-state index in [1.807, 2.05) is 0 Å². The number of likely N-dealkylation sites (tertiary alicyclic amines) is 1. The minimum Gasteiger partial charge on any atom is -0.327 e. The molecule has 2 rings (SSSR count). The number of carbonyl (C=O) groups excluding carboxylic acids is 1. The summed E-state index contributed by atoms with van der Waals surface area (Å²) in [6.45, 7) is 8.72. The van der Waals surface area contributed by atoms with Crippen LogP contribution < -0.4 is 10.2 Å². The highest BCUT2D eigenvalue weighted by Gasteiger charge is 2.26. The van der Waals surface area contributed by atoms with E-state index in [0.29, 0.717) is 29.6 Å². The average Bonchev–Trinajstić information content (AvgIpc) is 2.39. The number of quaternary nitrogens is 1. The molecule has 0 saturated carbocycles. The quantitative estimate of drug-likeness (QED) is 0.652. The van der Waals surface area contributed by atoms with Crippen LogP contribution in [0.25, 0.3) is 0 Å². The van der Waals surface area contributed by atoms with Gasteiger partial charge in [0.15, 0.2) is 6.54 Å². The van der Waals surface area contributed by atoms with E-state index < -0.39 is 4.92 Å². The normalized spacial score (nSPS) is 24.8. The molecule has 22 heavy (non-hydrogen) atoms. The van der Waals surface area contributed by atoms with Gasteiger partial charge in [0.05, 0.1) is 18.0 Å². The number of rotatable bonds is 4. The fourth-order valence-electron chi connectivity index (χ4n) is 3.39. The summed E-state index contributed by atoms with van der Waals surface area (Å²) in [5.41, 5.74) is 1.39. The van der Waals surface area contributed by atoms with Crippen LogP contribution in [-0.2, 0) is 4.79 Å². The lowest BCUT2D eigenvalue weighted by Crippen LogP contribution is -3.15. The van der Waals surface area contributed by atoms with Gasteiger partial charge in [-0.1, -0.05) is 13.8 Å². The molecule has 1 aliphatic rings. The van der Waals surface area contributed by atoms with Crippen LogP contribution in [0.2, 0.25) is 0 Å². The summed E-state index contributed by atoms with van der Waals surface area (Å²) in [4.78, 5) is 23.8. The van der Waals surface area contributed by atoms with Crippen LogP contribution in [0.1, 0.15) is 25.8 Å². The van der Waals surface area contributed by atoms with Crippen LogP contribution in [0.3, 0.4) is 0 Å². The Hall–Kier alpha value is -1.95. The molecule has 2 atom stereocenters. The Morgan fingerprint density at radius 2 is 2.00 bits per heavy atom. The maximum atomic E-state index is 12.2. The molecular weight excluding hydrogens is 282 g/mol. The number of benzene rings is 1. The van der Waals surface area contributed by atoms with E-state index in [0.717, 1.165) is 13.1 Å². The van der Waals surface area contributed by atoms with Crippen LogP contribution in [0.4, 0.5) is 11.4 Å². The molecule has 120 valence electrons. The maximum absolute atomic E-state index is 12.2. The largest absolute Gasteiger partial charge is 0.327 e. The molecule has 1 aromatic rings. The van der Waals surface area contributed by atoms with E-state index in [1.165, 1.54) is 23.5 Å². The number of nitro benzene ring substituents is 1. The van der Waals surface area contributed by atoms with Gasteiger partial charge in [-0.15, -0.1) is 0 Å². The first-order chi connectivity index (χ1) is 10.3. The summed E-state index contributed by atoms with van der Waals surface area (Å²) < 4.78 is 0. The fourth-order valence-corrected chi connectivity index (χ4v) is 3.39. The van der Waals surface area contributed by atoms with Gasteiger partial charge in [-0.25, -0.2) is 0 Å². The molecule has 1 aliphatic heterocycles. The molecule has 0 bridgehead atoms. The second kappa shape index (κ2) is 6.87. The number of piperidine rings is 1. The van der Waals surface area contributed by atoms with E-state index in [9.17, 15) is 14.9 Å². The Kier molecular flexibility index (Phi) is 5.13. The summed E-state index contributed by atoms with van der Waals surface area (Å²) in [7, 11) is 0. The monoisotopic (exact) mass is 306 g/mol. The molecule has 1 amide bonds. The minimum absolute atomic E-state index is 0.0340. The molecule has 0 aromatic heterocycles. The van der Waals surface area contributed by atoms with Crippen molar-refractivity contribution in [2.75, 3.05) is 25.0 Å². The number of nitrogens with zero attached hydrogens (tertiary/aromatic N) is 1. The number of anilines is 1. The highest BCUT2D eigenvalue weighted by atomic mass is 16.6. The number of hydrogen-bond donors (Lipinski definition) is 2. The summed E-state index contributed by atoms with van der Waals surface area (Å²) in [6.07, 6.45) is 1.23. The van der Waals surface area contributed by atoms with Crippen molar-refractivity contribution in [1.82, 2.24) is 0 Å².